The Hall–Kier alpha value is -3.65. The molecule has 3 aromatic rings. The molecule has 0 saturated heterocycles. The summed E-state index contributed by atoms with van der Waals surface area (Å²) in [6.07, 6.45) is 2.66. The Morgan fingerprint density at radius 3 is 2.45 bits per heavy atom. The Morgan fingerprint density at radius 2 is 1.74 bits per heavy atom. The third kappa shape index (κ3) is 6.16. The van der Waals surface area contributed by atoms with Crippen molar-refractivity contribution < 1.29 is 19.5 Å². The molecule has 158 valence electrons. The zero-order valence-corrected chi connectivity index (χ0v) is 17.8. The lowest BCUT2D eigenvalue weighted by molar-refractivity contribution is -0.132. The van der Waals surface area contributed by atoms with Crippen molar-refractivity contribution in [2.24, 2.45) is 0 Å². The molecule has 0 radical (unpaired) electrons. The van der Waals surface area contributed by atoms with Gasteiger partial charge in [0.15, 0.2) is 0 Å². The normalized spacial score (nSPS) is 12.3. The molecule has 0 fully saturated rings. The predicted molar refractivity (Wildman–Crippen MR) is 122 cm³/mol. The summed E-state index contributed by atoms with van der Waals surface area (Å²) in [4.78, 5) is 40.3. The summed E-state index contributed by atoms with van der Waals surface area (Å²) in [5.41, 5.74) is 1.98. The van der Waals surface area contributed by atoms with Gasteiger partial charge in [-0.1, -0.05) is 18.2 Å². The standard InChI is InChI=1S/C23H21N3O4S/c1-14(23(29)30)11-21(27)25-17-7-9-19(10-8-17)31-15(2)22(28)26-18-12-16-5-3-4-6-20(16)24-13-18/h3-13,15H,1-2H3,(H,25,27)(H,26,28)(H,29,30)/b14-11-. The minimum atomic E-state index is -1.14. The number of hydrogen-bond acceptors (Lipinski definition) is 5. The molecule has 1 unspecified atom stereocenters. The van der Waals surface area contributed by atoms with E-state index >= 15 is 0 Å². The lowest BCUT2D eigenvalue weighted by Gasteiger charge is -2.13. The van der Waals surface area contributed by atoms with Crippen LogP contribution < -0.4 is 10.6 Å². The summed E-state index contributed by atoms with van der Waals surface area (Å²) in [5, 5.41) is 14.9. The van der Waals surface area contributed by atoms with Gasteiger partial charge >= 0.3 is 5.97 Å². The molecule has 1 atom stereocenters. The maximum absolute atomic E-state index is 12.6. The van der Waals surface area contributed by atoms with Crippen LogP contribution in [0.1, 0.15) is 13.8 Å². The number of nitrogens with one attached hydrogen (secondary N) is 2. The van der Waals surface area contributed by atoms with Crippen molar-refractivity contribution in [1.29, 1.82) is 0 Å². The number of carboxylic acid groups (broad SMARTS) is 1. The molecule has 3 rings (SSSR count). The minimum Gasteiger partial charge on any atom is -0.478 e. The Morgan fingerprint density at radius 1 is 1.03 bits per heavy atom. The second-order valence-electron chi connectivity index (χ2n) is 6.81. The summed E-state index contributed by atoms with van der Waals surface area (Å²) in [5.74, 6) is -1.81. The fraction of sp³-hybridized carbons (Fsp3) is 0.130. The van der Waals surface area contributed by atoms with Crippen molar-refractivity contribution in [1.82, 2.24) is 4.98 Å². The highest BCUT2D eigenvalue weighted by molar-refractivity contribution is 8.00. The van der Waals surface area contributed by atoms with Crippen molar-refractivity contribution in [2.45, 2.75) is 24.0 Å². The van der Waals surface area contributed by atoms with Gasteiger partial charge in [0.05, 0.1) is 22.7 Å². The molecule has 1 heterocycles. The van der Waals surface area contributed by atoms with E-state index in [0.717, 1.165) is 21.9 Å². The molecule has 1 aromatic heterocycles. The third-order valence-corrected chi connectivity index (χ3v) is 5.46. The van der Waals surface area contributed by atoms with E-state index in [1.54, 1.807) is 30.5 Å². The molecule has 2 aromatic carbocycles. The molecular weight excluding hydrogens is 414 g/mol. The van der Waals surface area contributed by atoms with Crippen LogP contribution in [0.25, 0.3) is 10.9 Å². The second-order valence-corrected chi connectivity index (χ2v) is 8.23. The molecule has 8 heteroatoms. The first-order valence-corrected chi connectivity index (χ1v) is 10.3. The Labute approximate surface area is 183 Å². The molecule has 7 nitrogen and oxygen atoms in total. The number of pyridine rings is 1. The lowest BCUT2D eigenvalue weighted by Crippen LogP contribution is -2.22. The van der Waals surface area contributed by atoms with Crippen LogP contribution in [0.3, 0.4) is 0 Å². The molecule has 0 saturated carbocycles. The Balaban J connectivity index is 1.57. The zero-order chi connectivity index (χ0) is 22.4. The molecule has 0 aliphatic heterocycles. The second kappa shape index (κ2) is 9.90. The Kier molecular flexibility index (Phi) is 7.04. The summed E-state index contributed by atoms with van der Waals surface area (Å²) in [7, 11) is 0. The van der Waals surface area contributed by atoms with E-state index < -0.39 is 11.9 Å². The number of amides is 2. The highest BCUT2D eigenvalue weighted by Crippen LogP contribution is 2.26. The van der Waals surface area contributed by atoms with Gasteiger partial charge in [0.25, 0.3) is 0 Å². The van der Waals surface area contributed by atoms with Crippen molar-refractivity contribution in [2.75, 3.05) is 10.6 Å². The number of para-hydroxylation sites is 1. The number of carbonyl (C=O) groups excluding carboxylic acids is 2. The largest absolute Gasteiger partial charge is 0.478 e. The summed E-state index contributed by atoms with van der Waals surface area (Å²) in [6, 6.07) is 16.5. The number of benzene rings is 2. The SMILES string of the molecule is C/C(=C/C(=O)Nc1ccc(SC(C)C(=O)Nc2cnc3ccccc3c2)cc1)C(=O)O. The summed E-state index contributed by atoms with van der Waals surface area (Å²) < 4.78 is 0. The number of carbonyl (C=O) groups is 3. The number of thioether (sulfide) groups is 1. The van der Waals surface area contributed by atoms with E-state index in [4.69, 9.17) is 5.11 Å². The monoisotopic (exact) mass is 435 g/mol. The predicted octanol–water partition coefficient (Wildman–Crippen LogP) is 4.32. The molecule has 31 heavy (non-hydrogen) atoms. The average molecular weight is 436 g/mol. The highest BCUT2D eigenvalue weighted by atomic mass is 32.2. The van der Waals surface area contributed by atoms with Gasteiger partial charge in [-0.3, -0.25) is 14.6 Å². The molecule has 0 bridgehead atoms. The first kappa shape index (κ1) is 22.0. The van der Waals surface area contributed by atoms with Crippen LogP contribution in [-0.4, -0.2) is 33.1 Å². The number of carboxylic acids is 1. The van der Waals surface area contributed by atoms with Crippen LogP contribution in [0.5, 0.6) is 0 Å². The average Bonchev–Trinajstić information content (AvgIpc) is 2.74. The smallest absolute Gasteiger partial charge is 0.331 e. The first-order chi connectivity index (χ1) is 14.8. The van der Waals surface area contributed by atoms with E-state index in [1.165, 1.54) is 18.7 Å². The van der Waals surface area contributed by atoms with E-state index in [2.05, 4.69) is 15.6 Å². The quantitative estimate of drug-likeness (QED) is 0.377. The number of hydrogen-bond donors (Lipinski definition) is 3. The highest BCUT2D eigenvalue weighted by Gasteiger charge is 2.15. The van der Waals surface area contributed by atoms with E-state index in [0.29, 0.717) is 11.4 Å². The van der Waals surface area contributed by atoms with Crippen LogP contribution in [-0.2, 0) is 14.4 Å². The van der Waals surface area contributed by atoms with Gasteiger partial charge in [-0.05, 0) is 50.2 Å². The van der Waals surface area contributed by atoms with Crippen LogP contribution in [0, 0.1) is 0 Å². The molecule has 3 N–H and O–H groups in total. The van der Waals surface area contributed by atoms with Gasteiger partial charge in [-0.25, -0.2) is 4.79 Å². The third-order valence-electron chi connectivity index (χ3n) is 4.35. The van der Waals surface area contributed by atoms with Gasteiger partial charge in [-0.15, -0.1) is 11.8 Å². The van der Waals surface area contributed by atoms with Crippen molar-refractivity contribution in [3.8, 4) is 0 Å². The first-order valence-electron chi connectivity index (χ1n) is 9.47. The zero-order valence-electron chi connectivity index (χ0n) is 17.0. The molecule has 0 aliphatic carbocycles. The van der Waals surface area contributed by atoms with Gasteiger partial charge in [0.1, 0.15) is 0 Å². The summed E-state index contributed by atoms with van der Waals surface area (Å²) in [6.45, 7) is 3.16. The van der Waals surface area contributed by atoms with Crippen LogP contribution in [0.15, 0.2) is 77.3 Å². The Bertz CT molecular complexity index is 1160. The fourth-order valence-corrected chi connectivity index (χ4v) is 3.56. The lowest BCUT2D eigenvalue weighted by atomic mass is 10.2. The fourth-order valence-electron chi connectivity index (χ4n) is 2.69. The topological polar surface area (TPSA) is 108 Å². The van der Waals surface area contributed by atoms with Crippen molar-refractivity contribution in [3.05, 3.63) is 72.4 Å². The van der Waals surface area contributed by atoms with E-state index in [1.807, 2.05) is 37.3 Å². The molecule has 0 spiro atoms. The van der Waals surface area contributed by atoms with E-state index in [-0.39, 0.29) is 16.7 Å². The number of aromatic nitrogens is 1. The van der Waals surface area contributed by atoms with Crippen LogP contribution in [0.4, 0.5) is 11.4 Å². The molecular formula is C23H21N3O4S. The van der Waals surface area contributed by atoms with Gasteiger partial charge in [0, 0.05) is 27.6 Å². The van der Waals surface area contributed by atoms with Gasteiger partial charge in [0.2, 0.25) is 11.8 Å². The van der Waals surface area contributed by atoms with Gasteiger partial charge < -0.3 is 15.7 Å². The van der Waals surface area contributed by atoms with E-state index in [9.17, 15) is 14.4 Å². The van der Waals surface area contributed by atoms with Crippen LogP contribution >= 0.6 is 11.8 Å². The molecule has 0 aliphatic rings. The maximum atomic E-state index is 12.6. The number of nitrogens with zero attached hydrogens (tertiary/aromatic N) is 1. The minimum absolute atomic E-state index is 0.0499. The summed E-state index contributed by atoms with van der Waals surface area (Å²) >= 11 is 1.38. The molecule has 2 amide bonds. The van der Waals surface area contributed by atoms with Gasteiger partial charge in [-0.2, -0.15) is 0 Å². The van der Waals surface area contributed by atoms with Crippen molar-refractivity contribution in [3.63, 3.8) is 0 Å². The number of fused-ring (bicyclic) bond motifs is 1. The van der Waals surface area contributed by atoms with Crippen LogP contribution in [0.2, 0.25) is 0 Å². The van der Waals surface area contributed by atoms with Crippen molar-refractivity contribution >= 4 is 51.8 Å². The number of aliphatic carboxylic acids is 1. The number of rotatable bonds is 7. The number of anilines is 2. The maximum Gasteiger partial charge on any atom is 0.331 e.